The smallest absolute Gasteiger partial charge is 0.252 e. The first-order chi connectivity index (χ1) is 6.77. The maximum absolute atomic E-state index is 11.0. The van der Waals surface area contributed by atoms with E-state index >= 15 is 0 Å². The maximum atomic E-state index is 11.0. The summed E-state index contributed by atoms with van der Waals surface area (Å²) in [5.74, 6) is 0.0489. The Hall–Kier alpha value is -1.55. The van der Waals surface area contributed by atoms with Crippen LogP contribution in [-0.4, -0.2) is 25.2 Å². The Labute approximate surface area is 81.6 Å². The van der Waals surface area contributed by atoms with Crippen LogP contribution in [0.25, 0.3) is 0 Å². The number of nitrogens with two attached hydrogens (primary N) is 1. The average Bonchev–Trinajstić information content (AvgIpc) is 2.98. The van der Waals surface area contributed by atoms with E-state index in [0.717, 1.165) is 6.61 Å². The Morgan fingerprint density at radius 3 is 2.93 bits per heavy atom. The minimum absolute atomic E-state index is 0.177. The summed E-state index contributed by atoms with van der Waals surface area (Å²) >= 11 is 0. The normalized spacial score (nSPS) is 19.0. The fourth-order valence-electron chi connectivity index (χ4n) is 1.14. The lowest BCUT2D eigenvalue weighted by atomic mass is 10.2. The molecule has 1 aromatic carbocycles. The lowest BCUT2D eigenvalue weighted by molar-refractivity contribution is 0.0996. The summed E-state index contributed by atoms with van der Waals surface area (Å²) in [6.07, 6.45) is 0.177. The van der Waals surface area contributed by atoms with Gasteiger partial charge in [-0.1, -0.05) is 12.1 Å². The van der Waals surface area contributed by atoms with Crippen LogP contribution in [0.5, 0.6) is 5.75 Å². The number of benzene rings is 1. The number of hydrogen-bond acceptors (Lipinski definition) is 3. The Morgan fingerprint density at radius 2 is 2.29 bits per heavy atom. The van der Waals surface area contributed by atoms with Gasteiger partial charge >= 0.3 is 0 Å². The van der Waals surface area contributed by atoms with Crippen molar-refractivity contribution in [1.29, 1.82) is 0 Å². The third-order valence-corrected chi connectivity index (χ3v) is 1.98. The molecule has 74 valence electrons. The zero-order chi connectivity index (χ0) is 9.97. The third kappa shape index (κ3) is 2.03. The summed E-state index contributed by atoms with van der Waals surface area (Å²) in [5, 5.41) is 0. The lowest BCUT2D eigenvalue weighted by Crippen LogP contribution is -2.14. The van der Waals surface area contributed by atoms with Crippen LogP contribution in [0.1, 0.15) is 10.4 Å². The Balaban J connectivity index is 2.09. The van der Waals surface area contributed by atoms with Crippen molar-refractivity contribution in [3.63, 3.8) is 0 Å². The van der Waals surface area contributed by atoms with Gasteiger partial charge in [-0.3, -0.25) is 4.79 Å². The Kier molecular flexibility index (Phi) is 2.37. The second-order valence-corrected chi connectivity index (χ2v) is 3.13. The van der Waals surface area contributed by atoms with E-state index in [1.165, 1.54) is 0 Å². The second kappa shape index (κ2) is 3.67. The monoisotopic (exact) mass is 193 g/mol. The number of primary amides is 1. The highest BCUT2D eigenvalue weighted by atomic mass is 16.6. The third-order valence-electron chi connectivity index (χ3n) is 1.98. The van der Waals surface area contributed by atoms with Gasteiger partial charge in [0.1, 0.15) is 18.5 Å². The molecule has 1 heterocycles. The largest absolute Gasteiger partial charge is 0.490 e. The van der Waals surface area contributed by atoms with Crippen LogP contribution in [0.2, 0.25) is 0 Å². The van der Waals surface area contributed by atoms with Crippen molar-refractivity contribution in [1.82, 2.24) is 0 Å². The first-order valence-electron chi connectivity index (χ1n) is 4.40. The molecule has 4 heteroatoms. The molecule has 0 aromatic heterocycles. The first kappa shape index (κ1) is 9.02. The van der Waals surface area contributed by atoms with Gasteiger partial charge in [-0.2, -0.15) is 0 Å². The van der Waals surface area contributed by atoms with Gasteiger partial charge in [0.15, 0.2) is 0 Å². The highest BCUT2D eigenvalue weighted by molar-refractivity contribution is 5.95. The molecule has 1 aromatic rings. The Morgan fingerprint density at radius 1 is 1.57 bits per heavy atom. The van der Waals surface area contributed by atoms with Gasteiger partial charge in [-0.15, -0.1) is 0 Å². The Bertz CT molecular complexity index is 347. The molecule has 0 aliphatic carbocycles. The lowest BCUT2D eigenvalue weighted by Gasteiger charge is -2.07. The van der Waals surface area contributed by atoms with Gasteiger partial charge < -0.3 is 15.2 Å². The standard InChI is InChI=1S/C10H11NO3/c11-10(12)8-3-1-2-4-9(8)14-6-7-5-13-7/h1-4,7H,5-6H2,(H2,11,12). The van der Waals surface area contributed by atoms with E-state index < -0.39 is 5.91 Å². The summed E-state index contributed by atoms with van der Waals surface area (Å²) in [5.41, 5.74) is 5.60. The van der Waals surface area contributed by atoms with Crippen molar-refractivity contribution in [2.45, 2.75) is 6.10 Å². The van der Waals surface area contributed by atoms with Crippen molar-refractivity contribution < 1.29 is 14.3 Å². The van der Waals surface area contributed by atoms with E-state index in [0.29, 0.717) is 17.9 Å². The zero-order valence-corrected chi connectivity index (χ0v) is 7.60. The SMILES string of the molecule is NC(=O)c1ccccc1OCC1CO1. The molecule has 1 atom stereocenters. The predicted molar refractivity (Wildman–Crippen MR) is 50.2 cm³/mol. The predicted octanol–water partition coefficient (Wildman–Crippen LogP) is 0.563. The van der Waals surface area contributed by atoms with Crippen molar-refractivity contribution >= 4 is 5.91 Å². The number of amides is 1. The van der Waals surface area contributed by atoms with Gasteiger partial charge in [0.25, 0.3) is 5.91 Å². The molecule has 0 radical (unpaired) electrons. The van der Waals surface area contributed by atoms with Crippen molar-refractivity contribution in [3.05, 3.63) is 29.8 Å². The van der Waals surface area contributed by atoms with Crippen molar-refractivity contribution in [3.8, 4) is 5.75 Å². The highest BCUT2D eigenvalue weighted by Gasteiger charge is 2.23. The molecule has 4 nitrogen and oxygen atoms in total. The van der Waals surface area contributed by atoms with Crippen LogP contribution < -0.4 is 10.5 Å². The van der Waals surface area contributed by atoms with Crippen LogP contribution in [0.15, 0.2) is 24.3 Å². The first-order valence-corrected chi connectivity index (χ1v) is 4.40. The quantitative estimate of drug-likeness (QED) is 0.711. The van der Waals surface area contributed by atoms with E-state index in [9.17, 15) is 4.79 Å². The molecule has 0 spiro atoms. The fourth-order valence-corrected chi connectivity index (χ4v) is 1.14. The molecular formula is C10H11NO3. The molecule has 1 aliphatic rings. The molecule has 1 aliphatic heterocycles. The maximum Gasteiger partial charge on any atom is 0.252 e. The number of para-hydroxylation sites is 1. The summed E-state index contributed by atoms with van der Waals surface area (Å²) in [6, 6.07) is 6.92. The van der Waals surface area contributed by atoms with Crippen LogP contribution in [0, 0.1) is 0 Å². The minimum atomic E-state index is -0.475. The summed E-state index contributed by atoms with van der Waals surface area (Å²) in [4.78, 5) is 11.0. The number of carbonyl (C=O) groups excluding carboxylic acids is 1. The minimum Gasteiger partial charge on any atom is -0.490 e. The summed E-state index contributed by atoms with van der Waals surface area (Å²) < 4.78 is 10.4. The van der Waals surface area contributed by atoms with Crippen LogP contribution in [0.4, 0.5) is 0 Å². The molecule has 1 fully saturated rings. The molecular weight excluding hydrogens is 182 g/mol. The topological polar surface area (TPSA) is 64.9 Å². The number of epoxide rings is 1. The van der Waals surface area contributed by atoms with Crippen molar-refractivity contribution in [2.24, 2.45) is 5.73 Å². The fraction of sp³-hybridized carbons (Fsp3) is 0.300. The molecule has 0 saturated carbocycles. The van der Waals surface area contributed by atoms with Crippen molar-refractivity contribution in [2.75, 3.05) is 13.2 Å². The number of hydrogen-bond donors (Lipinski definition) is 1. The zero-order valence-electron chi connectivity index (χ0n) is 7.60. The molecule has 14 heavy (non-hydrogen) atoms. The van der Waals surface area contributed by atoms with E-state index in [1.54, 1.807) is 24.3 Å². The van der Waals surface area contributed by atoms with Gasteiger partial charge in [0.05, 0.1) is 12.2 Å². The van der Waals surface area contributed by atoms with Crippen LogP contribution in [0.3, 0.4) is 0 Å². The second-order valence-electron chi connectivity index (χ2n) is 3.13. The van der Waals surface area contributed by atoms with E-state index in [1.807, 2.05) is 0 Å². The molecule has 1 saturated heterocycles. The summed E-state index contributed by atoms with van der Waals surface area (Å²) in [7, 11) is 0. The van der Waals surface area contributed by atoms with Crippen LogP contribution >= 0.6 is 0 Å². The van der Waals surface area contributed by atoms with E-state index in [2.05, 4.69) is 0 Å². The van der Waals surface area contributed by atoms with Crippen LogP contribution in [-0.2, 0) is 4.74 Å². The number of carbonyl (C=O) groups is 1. The van der Waals surface area contributed by atoms with E-state index in [4.69, 9.17) is 15.2 Å². The van der Waals surface area contributed by atoms with Gasteiger partial charge in [-0.05, 0) is 12.1 Å². The van der Waals surface area contributed by atoms with Gasteiger partial charge in [0, 0.05) is 0 Å². The average molecular weight is 193 g/mol. The molecule has 2 N–H and O–H groups in total. The number of ether oxygens (including phenoxy) is 2. The summed E-state index contributed by atoms with van der Waals surface area (Å²) in [6.45, 7) is 1.21. The molecule has 1 amide bonds. The van der Waals surface area contributed by atoms with E-state index in [-0.39, 0.29) is 6.10 Å². The van der Waals surface area contributed by atoms with Gasteiger partial charge in [0.2, 0.25) is 0 Å². The molecule has 2 rings (SSSR count). The molecule has 0 bridgehead atoms. The van der Waals surface area contributed by atoms with Gasteiger partial charge in [-0.25, -0.2) is 0 Å². The highest BCUT2D eigenvalue weighted by Crippen LogP contribution is 2.19. The number of rotatable bonds is 4. The molecule has 1 unspecified atom stereocenters.